The van der Waals surface area contributed by atoms with Crippen molar-refractivity contribution in [1.29, 1.82) is 0 Å². The first-order valence-electron chi connectivity index (χ1n) is 4.94. The molecule has 4 nitrogen and oxygen atoms in total. The standard InChI is InChI=1S/C11H14FNO3.ClH/c1-2-16-10(14)6-9(13)7-4-3-5-8(12)11(7)15;/h3-5,9,15H,2,6,13H2,1H3;1H/t9-;/m1./s1. The fourth-order valence-corrected chi connectivity index (χ4v) is 1.34. The summed E-state index contributed by atoms with van der Waals surface area (Å²) in [6.07, 6.45) is -0.0924. The first-order valence-corrected chi connectivity index (χ1v) is 4.94. The molecule has 1 aromatic carbocycles. The lowest BCUT2D eigenvalue weighted by Crippen LogP contribution is -2.17. The molecule has 0 amide bonds. The number of aromatic hydroxyl groups is 1. The summed E-state index contributed by atoms with van der Waals surface area (Å²) in [5.74, 6) is -1.74. The van der Waals surface area contributed by atoms with E-state index in [1.165, 1.54) is 12.1 Å². The third-order valence-corrected chi connectivity index (χ3v) is 2.11. The highest BCUT2D eigenvalue weighted by Crippen LogP contribution is 2.27. The van der Waals surface area contributed by atoms with Crippen LogP contribution in [0.3, 0.4) is 0 Å². The van der Waals surface area contributed by atoms with E-state index < -0.39 is 23.6 Å². The van der Waals surface area contributed by atoms with E-state index in [4.69, 9.17) is 10.5 Å². The zero-order chi connectivity index (χ0) is 12.1. The van der Waals surface area contributed by atoms with Gasteiger partial charge in [0.25, 0.3) is 0 Å². The molecular weight excluding hydrogens is 249 g/mol. The minimum absolute atomic E-state index is 0. The Labute approximate surface area is 105 Å². The molecule has 6 heteroatoms. The number of phenols is 1. The molecule has 0 aliphatic rings. The van der Waals surface area contributed by atoms with Gasteiger partial charge in [-0.15, -0.1) is 12.4 Å². The molecule has 1 aromatic rings. The van der Waals surface area contributed by atoms with Crippen molar-refractivity contribution in [3.8, 4) is 5.75 Å². The predicted molar refractivity (Wildman–Crippen MR) is 63.5 cm³/mol. The summed E-state index contributed by atoms with van der Waals surface area (Å²) in [7, 11) is 0. The number of benzene rings is 1. The molecule has 0 heterocycles. The maximum Gasteiger partial charge on any atom is 0.307 e. The molecule has 0 spiro atoms. The number of nitrogens with two attached hydrogens (primary N) is 1. The van der Waals surface area contributed by atoms with E-state index in [0.29, 0.717) is 0 Å². The molecule has 0 aromatic heterocycles. The van der Waals surface area contributed by atoms with Crippen LogP contribution >= 0.6 is 12.4 Å². The van der Waals surface area contributed by atoms with Crippen molar-refractivity contribution in [2.75, 3.05) is 6.61 Å². The number of esters is 1. The van der Waals surface area contributed by atoms with Crippen LogP contribution in [-0.2, 0) is 9.53 Å². The number of phenolic OH excluding ortho intramolecular Hbond substituents is 1. The zero-order valence-electron chi connectivity index (χ0n) is 9.35. The van der Waals surface area contributed by atoms with E-state index in [9.17, 15) is 14.3 Å². The Kier molecular flexibility index (Phi) is 6.53. The highest BCUT2D eigenvalue weighted by atomic mass is 35.5. The Morgan fingerprint density at radius 1 is 1.59 bits per heavy atom. The van der Waals surface area contributed by atoms with Gasteiger partial charge in [0, 0.05) is 11.6 Å². The first kappa shape index (κ1) is 15.7. The van der Waals surface area contributed by atoms with Gasteiger partial charge in [0.1, 0.15) is 0 Å². The van der Waals surface area contributed by atoms with Crippen LogP contribution in [0.15, 0.2) is 18.2 Å². The smallest absolute Gasteiger partial charge is 0.307 e. The van der Waals surface area contributed by atoms with Crippen molar-refractivity contribution >= 4 is 18.4 Å². The third kappa shape index (κ3) is 4.20. The second kappa shape index (κ2) is 7.09. The number of carbonyl (C=O) groups is 1. The van der Waals surface area contributed by atoms with Crippen molar-refractivity contribution in [2.24, 2.45) is 5.73 Å². The van der Waals surface area contributed by atoms with Gasteiger partial charge >= 0.3 is 5.97 Å². The number of rotatable bonds is 4. The summed E-state index contributed by atoms with van der Waals surface area (Å²) in [4.78, 5) is 11.1. The van der Waals surface area contributed by atoms with Crippen molar-refractivity contribution in [2.45, 2.75) is 19.4 Å². The van der Waals surface area contributed by atoms with Crippen molar-refractivity contribution in [3.63, 3.8) is 0 Å². The monoisotopic (exact) mass is 263 g/mol. The molecule has 0 fully saturated rings. The fourth-order valence-electron chi connectivity index (χ4n) is 1.34. The molecule has 0 aliphatic carbocycles. The van der Waals surface area contributed by atoms with E-state index in [0.717, 1.165) is 6.07 Å². The van der Waals surface area contributed by atoms with Gasteiger partial charge in [0.2, 0.25) is 0 Å². The molecule has 1 atom stereocenters. The summed E-state index contributed by atoms with van der Waals surface area (Å²) in [6.45, 7) is 1.95. The van der Waals surface area contributed by atoms with Crippen molar-refractivity contribution in [1.82, 2.24) is 0 Å². The summed E-state index contributed by atoms with van der Waals surface area (Å²) in [5, 5.41) is 9.40. The average Bonchev–Trinajstić information content (AvgIpc) is 2.22. The van der Waals surface area contributed by atoms with Crippen LogP contribution in [0.4, 0.5) is 4.39 Å². The molecule has 0 radical (unpaired) electrons. The summed E-state index contributed by atoms with van der Waals surface area (Å²) in [6, 6.07) is 3.25. The topological polar surface area (TPSA) is 72.5 Å². The van der Waals surface area contributed by atoms with Crippen molar-refractivity contribution in [3.05, 3.63) is 29.6 Å². The Balaban J connectivity index is 0.00000256. The van der Waals surface area contributed by atoms with Crippen LogP contribution in [0.2, 0.25) is 0 Å². The quantitative estimate of drug-likeness (QED) is 0.814. The van der Waals surface area contributed by atoms with Gasteiger partial charge < -0.3 is 15.6 Å². The third-order valence-electron chi connectivity index (χ3n) is 2.11. The zero-order valence-corrected chi connectivity index (χ0v) is 10.2. The van der Waals surface area contributed by atoms with Crippen molar-refractivity contribution < 1.29 is 19.0 Å². The lowest BCUT2D eigenvalue weighted by atomic mass is 10.0. The maximum atomic E-state index is 13.0. The normalized spacial score (nSPS) is 11.5. The molecule has 0 unspecified atom stereocenters. The number of halogens is 2. The van der Waals surface area contributed by atoms with Gasteiger partial charge in [-0.05, 0) is 13.0 Å². The molecule has 1 rings (SSSR count). The van der Waals surface area contributed by atoms with Gasteiger partial charge in [-0.1, -0.05) is 12.1 Å². The van der Waals surface area contributed by atoms with Gasteiger partial charge in [0.15, 0.2) is 11.6 Å². The number of hydrogen-bond donors (Lipinski definition) is 2. The first-order chi connectivity index (χ1) is 7.56. The Morgan fingerprint density at radius 3 is 2.82 bits per heavy atom. The van der Waals surface area contributed by atoms with Crippen LogP contribution in [0.1, 0.15) is 24.9 Å². The van der Waals surface area contributed by atoms with Crippen LogP contribution in [0.5, 0.6) is 5.75 Å². The molecule has 17 heavy (non-hydrogen) atoms. The van der Waals surface area contributed by atoms with Gasteiger partial charge in [-0.3, -0.25) is 4.79 Å². The van der Waals surface area contributed by atoms with Crippen LogP contribution in [-0.4, -0.2) is 17.7 Å². The van der Waals surface area contributed by atoms with E-state index in [2.05, 4.69) is 0 Å². The number of hydrogen-bond acceptors (Lipinski definition) is 4. The van der Waals surface area contributed by atoms with E-state index in [-0.39, 0.29) is 31.0 Å². The lowest BCUT2D eigenvalue weighted by molar-refractivity contribution is -0.143. The van der Waals surface area contributed by atoms with Crippen LogP contribution in [0, 0.1) is 5.82 Å². The maximum absolute atomic E-state index is 13.0. The van der Waals surface area contributed by atoms with Gasteiger partial charge in [-0.2, -0.15) is 0 Å². The number of para-hydroxylation sites is 1. The molecule has 0 saturated carbocycles. The molecule has 0 bridgehead atoms. The molecule has 3 N–H and O–H groups in total. The van der Waals surface area contributed by atoms with Gasteiger partial charge in [-0.25, -0.2) is 4.39 Å². The van der Waals surface area contributed by atoms with Crippen LogP contribution < -0.4 is 5.73 Å². The number of ether oxygens (including phenoxy) is 1. The highest BCUT2D eigenvalue weighted by Gasteiger charge is 2.17. The fraction of sp³-hybridized carbons (Fsp3) is 0.364. The Hall–Kier alpha value is -1.33. The lowest BCUT2D eigenvalue weighted by Gasteiger charge is -2.12. The number of carbonyl (C=O) groups excluding carboxylic acids is 1. The minimum Gasteiger partial charge on any atom is -0.505 e. The summed E-state index contributed by atoms with van der Waals surface area (Å²) in [5.41, 5.74) is 5.87. The SMILES string of the molecule is CCOC(=O)C[C@@H](N)c1cccc(F)c1O.Cl. The minimum atomic E-state index is -0.769. The van der Waals surface area contributed by atoms with E-state index >= 15 is 0 Å². The Morgan fingerprint density at radius 2 is 2.24 bits per heavy atom. The highest BCUT2D eigenvalue weighted by molar-refractivity contribution is 5.85. The molecule has 0 aliphatic heterocycles. The van der Waals surface area contributed by atoms with Crippen LogP contribution in [0.25, 0.3) is 0 Å². The van der Waals surface area contributed by atoms with Gasteiger partial charge in [0.05, 0.1) is 13.0 Å². The Bertz CT molecular complexity index is 387. The molecule has 0 saturated heterocycles. The molecular formula is C11H15ClFNO3. The van der Waals surface area contributed by atoms with E-state index in [1.807, 2.05) is 0 Å². The molecule has 96 valence electrons. The largest absolute Gasteiger partial charge is 0.505 e. The summed E-state index contributed by atoms with van der Waals surface area (Å²) < 4.78 is 17.7. The second-order valence-electron chi connectivity index (χ2n) is 3.29. The average molecular weight is 264 g/mol. The second-order valence-corrected chi connectivity index (χ2v) is 3.29. The predicted octanol–water partition coefficient (Wildman–Crippen LogP) is 1.91. The van der Waals surface area contributed by atoms with E-state index in [1.54, 1.807) is 6.92 Å². The summed E-state index contributed by atoms with van der Waals surface area (Å²) >= 11 is 0.